The van der Waals surface area contributed by atoms with E-state index in [1.54, 1.807) is 0 Å². The third kappa shape index (κ3) is 33.3. The van der Waals surface area contributed by atoms with E-state index in [4.69, 9.17) is 5.16 Å². The van der Waals surface area contributed by atoms with Crippen LogP contribution >= 0.6 is 7.71 Å². The zero-order valence-electron chi connectivity index (χ0n) is 3.58. The van der Waals surface area contributed by atoms with Gasteiger partial charge in [-0.05, 0) is 21.0 Å². The zero-order valence-corrected chi connectivity index (χ0v) is 7.42. The quantitative estimate of drug-likeness (QED) is 0.523. The Kier molecular flexibility index (Phi) is 10.2. The van der Waals surface area contributed by atoms with Crippen LogP contribution in [0.1, 0.15) is 0 Å². The minimum atomic E-state index is -0.630. The molecule has 0 aromatic heterocycles. The standard InChI is InChI=1S/C2H8NP.Y/c1-4(2)3;/h3-4H,1-2H3;. The van der Waals surface area contributed by atoms with Gasteiger partial charge in [-0.25, -0.2) is 0 Å². The molecule has 0 aliphatic carbocycles. The summed E-state index contributed by atoms with van der Waals surface area (Å²) >= 11 is 0. The summed E-state index contributed by atoms with van der Waals surface area (Å²) in [6.07, 6.45) is 0. The van der Waals surface area contributed by atoms with E-state index in [2.05, 4.69) is 0 Å². The van der Waals surface area contributed by atoms with Crippen molar-refractivity contribution in [3.8, 4) is 0 Å². The summed E-state index contributed by atoms with van der Waals surface area (Å²) in [6, 6.07) is 0. The smallest absolute Gasteiger partial charge is 0 e. The molecule has 29 valence electrons. The van der Waals surface area contributed by atoms with Crippen molar-refractivity contribution >= 4 is 7.71 Å². The SMILES string of the molecule is C[PH](C)=N.[Y]. The van der Waals surface area contributed by atoms with Crippen LogP contribution in [0, 0.1) is 5.16 Å². The minimum absolute atomic E-state index is 0. The van der Waals surface area contributed by atoms with Crippen LogP contribution in [0.5, 0.6) is 0 Å². The molecule has 0 saturated carbocycles. The Morgan fingerprint density at radius 3 is 1.40 bits per heavy atom. The monoisotopic (exact) mass is 166 g/mol. The molecule has 0 aliphatic rings. The second kappa shape index (κ2) is 5.33. The van der Waals surface area contributed by atoms with Gasteiger partial charge in [-0.3, -0.25) is 0 Å². The Balaban J connectivity index is 0. The Hall–Kier alpha value is 1.33. The Morgan fingerprint density at radius 1 is 1.40 bits per heavy atom. The molecular weight excluding hydrogens is 158 g/mol. The van der Waals surface area contributed by atoms with Gasteiger partial charge in [0.15, 0.2) is 0 Å². The molecule has 0 rings (SSSR count). The van der Waals surface area contributed by atoms with Crippen LogP contribution < -0.4 is 0 Å². The maximum Gasteiger partial charge on any atom is 0 e. The summed E-state index contributed by atoms with van der Waals surface area (Å²) in [4.78, 5) is 0. The first-order chi connectivity index (χ1) is 1.73. The summed E-state index contributed by atoms with van der Waals surface area (Å²) < 4.78 is 0. The normalized spacial score (nSPS) is 7.00. The van der Waals surface area contributed by atoms with Gasteiger partial charge in [-0.1, -0.05) is 0 Å². The number of rotatable bonds is 0. The van der Waals surface area contributed by atoms with Crippen molar-refractivity contribution in [2.45, 2.75) is 0 Å². The first-order valence-corrected chi connectivity index (χ1v) is 3.75. The van der Waals surface area contributed by atoms with Crippen LogP contribution in [-0.4, -0.2) is 13.3 Å². The van der Waals surface area contributed by atoms with Crippen molar-refractivity contribution in [1.82, 2.24) is 0 Å². The molecular formula is C2H8NPY. The van der Waals surface area contributed by atoms with Gasteiger partial charge in [0.25, 0.3) is 0 Å². The molecule has 1 nitrogen and oxygen atoms in total. The van der Waals surface area contributed by atoms with Crippen molar-refractivity contribution < 1.29 is 32.7 Å². The first-order valence-electron chi connectivity index (χ1n) is 1.25. The van der Waals surface area contributed by atoms with Crippen molar-refractivity contribution in [1.29, 1.82) is 5.16 Å². The van der Waals surface area contributed by atoms with Crippen molar-refractivity contribution in [3.63, 3.8) is 0 Å². The molecule has 5 heavy (non-hydrogen) atoms. The molecule has 0 saturated heterocycles. The summed E-state index contributed by atoms with van der Waals surface area (Å²) in [6.45, 7) is 3.87. The van der Waals surface area contributed by atoms with Crippen LogP contribution in [-0.2, 0) is 32.7 Å². The average molecular weight is 166 g/mol. The van der Waals surface area contributed by atoms with E-state index in [0.717, 1.165) is 0 Å². The van der Waals surface area contributed by atoms with Gasteiger partial charge in [0.2, 0.25) is 0 Å². The molecule has 0 atom stereocenters. The van der Waals surface area contributed by atoms with Gasteiger partial charge in [0.05, 0.1) is 0 Å². The zero-order chi connectivity index (χ0) is 3.58. The fourth-order valence-corrected chi connectivity index (χ4v) is 0. The minimum Gasteiger partial charge on any atom is -0.322 e. The maximum atomic E-state index is 6.69. The number of nitrogens with one attached hydrogen (secondary N) is 1. The predicted molar refractivity (Wildman–Crippen MR) is 22.9 cm³/mol. The van der Waals surface area contributed by atoms with Crippen LogP contribution in [0.25, 0.3) is 0 Å². The molecule has 0 bridgehead atoms. The fourth-order valence-electron chi connectivity index (χ4n) is 0. The van der Waals surface area contributed by atoms with E-state index in [9.17, 15) is 0 Å². The summed E-state index contributed by atoms with van der Waals surface area (Å²) in [7, 11) is -0.630. The van der Waals surface area contributed by atoms with E-state index in [0.29, 0.717) is 0 Å². The van der Waals surface area contributed by atoms with E-state index >= 15 is 0 Å². The van der Waals surface area contributed by atoms with Gasteiger partial charge in [0.1, 0.15) is 0 Å². The van der Waals surface area contributed by atoms with Gasteiger partial charge >= 0.3 is 0 Å². The van der Waals surface area contributed by atoms with Crippen LogP contribution in [0.4, 0.5) is 0 Å². The summed E-state index contributed by atoms with van der Waals surface area (Å²) in [5.41, 5.74) is 0. The molecule has 0 fully saturated rings. The third-order valence-corrected chi connectivity index (χ3v) is 0. The molecule has 0 amide bonds. The van der Waals surface area contributed by atoms with Crippen molar-refractivity contribution in [2.75, 3.05) is 13.3 Å². The molecule has 3 heteroatoms. The number of hydrogen-bond acceptors (Lipinski definition) is 1. The van der Waals surface area contributed by atoms with E-state index in [1.807, 2.05) is 13.3 Å². The van der Waals surface area contributed by atoms with Crippen molar-refractivity contribution in [3.05, 3.63) is 0 Å². The molecule has 0 spiro atoms. The molecule has 0 aromatic carbocycles. The largest absolute Gasteiger partial charge is 0.322 e. The van der Waals surface area contributed by atoms with Crippen LogP contribution in [0.3, 0.4) is 0 Å². The van der Waals surface area contributed by atoms with E-state index in [1.165, 1.54) is 0 Å². The second-order valence-electron chi connectivity index (χ2n) is 1.00. The molecule has 0 heterocycles. The van der Waals surface area contributed by atoms with Crippen molar-refractivity contribution in [2.24, 2.45) is 0 Å². The molecule has 1 N–H and O–H groups in total. The van der Waals surface area contributed by atoms with Gasteiger partial charge in [-0.15, -0.1) is 0 Å². The molecule has 1 radical (unpaired) electrons. The Labute approximate surface area is 58.7 Å². The molecule has 0 aromatic rings. The first kappa shape index (κ1) is 9.59. The molecule has 0 aliphatic heterocycles. The third-order valence-electron chi connectivity index (χ3n) is 0. The maximum absolute atomic E-state index is 6.69. The van der Waals surface area contributed by atoms with Crippen LogP contribution in [0.2, 0.25) is 0 Å². The summed E-state index contributed by atoms with van der Waals surface area (Å²) in [5.74, 6) is 0. The van der Waals surface area contributed by atoms with E-state index in [-0.39, 0.29) is 32.7 Å². The topological polar surface area (TPSA) is 23.9 Å². The Morgan fingerprint density at radius 2 is 1.40 bits per heavy atom. The van der Waals surface area contributed by atoms with Crippen LogP contribution in [0.15, 0.2) is 0 Å². The predicted octanol–water partition coefficient (Wildman–Crippen LogP) is 1.22. The molecule has 0 unspecified atom stereocenters. The average Bonchev–Trinajstić information content (AvgIpc) is 0.811. The number of hydrogen-bond donors (Lipinski definition) is 1. The second-order valence-corrected chi connectivity index (χ2v) is 3.00. The van der Waals surface area contributed by atoms with E-state index < -0.39 is 7.71 Å². The van der Waals surface area contributed by atoms with Gasteiger partial charge in [-0.2, -0.15) is 0 Å². The fraction of sp³-hybridized carbons (Fsp3) is 1.00. The van der Waals surface area contributed by atoms with Gasteiger partial charge in [0, 0.05) is 32.7 Å². The summed E-state index contributed by atoms with van der Waals surface area (Å²) in [5, 5.41) is 6.69. The Bertz CT molecular complexity index is 32.6. The van der Waals surface area contributed by atoms with Gasteiger partial charge < -0.3 is 5.16 Å².